The lowest BCUT2D eigenvalue weighted by molar-refractivity contribution is -0.120. The van der Waals surface area contributed by atoms with Gasteiger partial charge in [0, 0.05) is 44.6 Å². The highest BCUT2D eigenvalue weighted by molar-refractivity contribution is 5.99. The largest absolute Gasteiger partial charge is 0.355 e. The Labute approximate surface area is 132 Å². The van der Waals surface area contributed by atoms with Gasteiger partial charge in [-0.25, -0.2) is 9.97 Å². The Hall–Kier alpha value is -2.90. The van der Waals surface area contributed by atoms with E-state index in [9.17, 15) is 4.79 Å². The summed E-state index contributed by atoms with van der Waals surface area (Å²) in [4.78, 5) is 23.2. The van der Waals surface area contributed by atoms with Crippen LogP contribution in [0.5, 0.6) is 0 Å². The SMILES string of the molecule is Cn1cc(N2CCCC(Nc3nccn4ccnc34)C2=O)cn1. The van der Waals surface area contributed by atoms with Crippen molar-refractivity contribution >= 4 is 23.1 Å². The molecule has 1 amide bonds. The normalized spacial score (nSPS) is 18.6. The second-order valence-electron chi connectivity index (χ2n) is 5.64. The molecule has 0 bridgehead atoms. The van der Waals surface area contributed by atoms with Crippen LogP contribution in [-0.2, 0) is 11.8 Å². The molecule has 0 radical (unpaired) electrons. The molecule has 4 heterocycles. The minimum Gasteiger partial charge on any atom is -0.355 e. The number of rotatable bonds is 3. The monoisotopic (exact) mass is 311 g/mol. The van der Waals surface area contributed by atoms with Crippen molar-refractivity contribution < 1.29 is 4.79 Å². The lowest BCUT2D eigenvalue weighted by atomic mass is 10.0. The van der Waals surface area contributed by atoms with Gasteiger partial charge in [-0.3, -0.25) is 9.48 Å². The summed E-state index contributed by atoms with van der Waals surface area (Å²) in [5, 5.41) is 7.40. The summed E-state index contributed by atoms with van der Waals surface area (Å²) in [6, 6.07) is -0.306. The maximum atomic E-state index is 12.8. The van der Waals surface area contributed by atoms with E-state index in [1.807, 2.05) is 30.0 Å². The molecule has 1 N–H and O–H groups in total. The van der Waals surface area contributed by atoms with Crippen LogP contribution in [0.3, 0.4) is 0 Å². The van der Waals surface area contributed by atoms with E-state index in [1.165, 1.54) is 0 Å². The third kappa shape index (κ3) is 2.41. The Bertz CT molecular complexity index is 852. The Morgan fingerprint density at radius 3 is 2.87 bits per heavy atom. The zero-order chi connectivity index (χ0) is 15.8. The van der Waals surface area contributed by atoms with Crippen LogP contribution < -0.4 is 10.2 Å². The highest BCUT2D eigenvalue weighted by Gasteiger charge is 2.31. The number of imidazole rings is 1. The first-order chi connectivity index (χ1) is 11.2. The third-order valence-electron chi connectivity index (χ3n) is 4.06. The molecule has 1 atom stereocenters. The second kappa shape index (κ2) is 5.38. The van der Waals surface area contributed by atoms with Gasteiger partial charge < -0.3 is 14.6 Å². The summed E-state index contributed by atoms with van der Waals surface area (Å²) in [5.74, 6) is 0.670. The summed E-state index contributed by atoms with van der Waals surface area (Å²) in [6.07, 6.45) is 12.4. The minimum absolute atomic E-state index is 0.0413. The van der Waals surface area contributed by atoms with Crippen molar-refractivity contribution in [3.05, 3.63) is 37.2 Å². The average molecular weight is 311 g/mol. The molecule has 3 aromatic rings. The van der Waals surface area contributed by atoms with E-state index in [4.69, 9.17) is 0 Å². The Kier molecular flexibility index (Phi) is 3.22. The van der Waals surface area contributed by atoms with Crippen LogP contribution in [0.2, 0.25) is 0 Å². The Balaban J connectivity index is 1.59. The zero-order valence-electron chi connectivity index (χ0n) is 12.8. The van der Waals surface area contributed by atoms with Crippen molar-refractivity contribution in [1.82, 2.24) is 24.1 Å². The van der Waals surface area contributed by atoms with Crippen LogP contribution in [0, 0.1) is 0 Å². The van der Waals surface area contributed by atoms with Gasteiger partial charge in [-0.05, 0) is 12.8 Å². The smallest absolute Gasteiger partial charge is 0.249 e. The maximum Gasteiger partial charge on any atom is 0.249 e. The number of anilines is 2. The first-order valence-corrected chi connectivity index (χ1v) is 7.56. The molecule has 118 valence electrons. The number of aromatic nitrogens is 5. The van der Waals surface area contributed by atoms with Gasteiger partial charge in [0.05, 0.1) is 11.9 Å². The molecule has 1 unspecified atom stereocenters. The highest BCUT2D eigenvalue weighted by atomic mass is 16.2. The van der Waals surface area contributed by atoms with E-state index < -0.39 is 0 Å². The van der Waals surface area contributed by atoms with Crippen LogP contribution >= 0.6 is 0 Å². The number of carbonyl (C=O) groups excluding carboxylic acids is 1. The molecule has 8 nitrogen and oxygen atoms in total. The summed E-state index contributed by atoms with van der Waals surface area (Å²) in [7, 11) is 1.84. The first kappa shape index (κ1) is 13.7. The topological polar surface area (TPSA) is 80.4 Å². The lowest BCUT2D eigenvalue weighted by Crippen LogP contribution is -2.47. The molecule has 4 rings (SSSR count). The Morgan fingerprint density at radius 1 is 1.26 bits per heavy atom. The molecule has 1 aliphatic heterocycles. The average Bonchev–Trinajstić information content (AvgIpc) is 3.18. The van der Waals surface area contributed by atoms with Gasteiger partial charge in [0.1, 0.15) is 6.04 Å². The number of amides is 1. The fourth-order valence-corrected chi connectivity index (χ4v) is 2.93. The molecule has 8 heteroatoms. The van der Waals surface area contributed by atoms with E-state index in [2.05, 4.69) is 20.4 Å². The number of aryl methyl sites for hydroxylation is 1. The third-order valence-corrected chi connectivity index (χ3v) is 4.06. The van der Waals surface area contributed by atoms with Crippen molar-refractivity contribution in [3.8, 4) is 0 Å². The number of hydrogen-bond donors (Lipinski definition) is 1. The van der Waals surface area contributed by atoms with Crippen LogP contribution in [0.25, 0.3) is 5.65 Å². The van der Waals surface area contributed by atoms with Crippen molar-refractivity contribution in [1.29, 1.82) is 0 Å². The van der Waals surface area contributed by atoms with E-state index in [-0.39, 0.29) is 11.9 Å². The number of nitrogens with one attached hydrogen (secondary N) is 1. The van der Waals surface area contributed by atoms with E-state index in [0.717, 1.165) is 24.2 Å². The number of carbonyl (C=O) groups is 1. The van der Waals surface area contributed by atoms with Crippen LogP contribution in [0.15, 0.2) is 37.2 Å². The second-order valence-corrected chi connectivity index (χ2v) is 5.64. The quantitative estimate of drug-likeness (QED) is 0.782. The Morgan fingerprint density at radius 2 is 2.09 bits per heavy atom. The number of nitrogens with zero attached hydrogens (tertiary/aromatic N) is 6. The highest BCUT2D eigenvalue weighted by Crippen LogP contribution is 2.23. The lowest BCUT2D eigenvalue weighted by Gasteiger charge is -2.31. The van der Waals surface area contributed by atoms with Gasteiger partial charge in [0.15, 0.2) is 11.5 Å². The number of hydrogen-bond acceptors (Lipinski definition) is 5. The zero-order valence-corrected chi connectivity index (χ0v) is 12.8. The minimum atomic E-state index is -0.306. The van der Waals surface area contributed by atoms with Crippen LogP contribution in [0.4, 0.5) is 11.5 Å². The van der Waals surface area contributed by atoms with Gasteiger partial charge >= 0.3 is 0 Å². The molecule has 1 saturated heterocycles. The molecular weight excluding hydrogens is 294 g/mol. The molecule has 3 aromatic heterocycles. The van der Waals surface area contributed by atoms with Crippen LogP contribution in [0.1, 0.15) is 12.8 Å². The molecule has 0 saturated carbocycles. The predicted octanol–water partition coefficient (Wildman–Crippen LogP) is 1.07. The van der Waals surface area contributed by atoms with Crippen molar-refractivity contribution in [2.75, 3.05) is 16.8 Å². The standard InChI is InChI=1S/C15H17N7O/c1-20-10-11(9-18-20)22-6-2-3-12(15(22)23)19-13-14-17-5-8-21(14)7-4-16-13/h4-5,7-10,12H,2-3,6H2,1H3,(H,16,19). The van der Waals surface area contributed by atoms with Crippen molar-refractivity contribution in [2.24, 2.45) is 7.05 Å². The van der Waals surface area contributed by atoms with Crippen LogP contribution in [-0.4, -0.2) is 42.6 Å². The molecule has 1 aliphatic rings. The van der Waals surface area contributed by atoms with Gasteiger partial charge in [-0.2, -0.15) is 5.10 Å². The summed E-state index contributed by atoms with van der Waals surface area (Å²) in [5.41, 5.74) is 1.55. The first-order valence-electron chi connectivity index (χ1n) is 7.56. The van der Waals surface area contributed by atoms with Gasteiger partial charge in [-0.15, -0.1) is 0 Å². The summed E-state index contributed by atoms with van der Waals surface area (Å²) >= 11 is 0. The molecule has 0 aromatic carbocycles. The summed E-state index contributed by atoms with van der Waals surface area (Å²) < 4.78 is 3.58. The van der Waals surface area contributed by atoms with Crippen molar-refractivity contribution in [2.45, 2.75) is 18.9 Å². The molecule has 1 fully saturated rings. The van der Waals surface area contributed by atoms with Gasteiger partial charge in [0.25, 0.3) is 0 Å². The molecular formula is C15H17N7O. The van der Waals surface area contributed by atoms with E-state index >= 15 is 0 Å². The van der Waals surface area contributed by atoms with Crippen molar-refractivity contribution in [3.63, 3.8) is 0 Å². The van der Waals surface area contributed by atoms with E-state index in [1.54, 1.807) is 28.2 Å². The fourth-order valence-electron chi connectivity index (χ4n) is 2.93. The number of fused-ring (bicyclic) bond motifs is 1. The van der Waals surface area contributed by atoms with Gasteiger partial charge in [0.2, 0.25) is 5.91 Å². The fraction of sp³-hybridized carbons (Fsp3) is 0.333. The maximum absolute atomic E-state index is 12.8. The molecule has 0 aliphatic carbocycles. The number of piperidine rings is 1. The molecule has 0 spiro atoms. The van der Waals surface area contributed by atoms with Gasteiger partial charge in [-0.1, -0.05) is 0 Å². The summed E-state index contributed by atoms with van der Waals surface area (Å²) in [6.45, 7) is 0.712. The predicted molar refractivity (Wildman–Crippen MR) is 85.2 cm³/mol. The molecule has 23 heavy (non-hydrogen) atoms. The van der Waals surface area contributed by atoms with E-state index in [0.29, 0.717) is 12.4 Å².